The fourth-order valence-corrected chi connectivity index (χ4v) is 3.45. The number of carbonyl (C=O) groups excluding carboxylic acids is 2. The molecule has 0 spiro atoms. The van der Waals surface area contributed by atoms with E-state index in [1.165, 1.54) is 19.2 Å². The van der Waals surface area contributed by atoms with E-state index in [1.54, 1.807) is 0 Å². The van der Waals surface area contributed by atoms with Crippen LogP contribution in [-0.4, -0.2) is 31.6 Å². The van der Waals surface area contributed by atoms with Crippen LogP contribution in [0.1, 0.15) is 11.1 Å². The Balaban J connectivity index is 1.75. The van der Waals surface area contributed by atoms with E-state index in [1.807, 2.05) is 24.3 Å². The zero-order valence-electron chi connectivity index (χ0n) is 14.2. The topological polar surface area (TPSA) is 59.8 Å². The van der Waals surface area contributed by atoms with E-state index in [2.05, 4.69) is 5.32 Å². The third kappa shape index (κ3) is 4.03. The van der Waals surface area contributed by atoms with Crippen molar-refractivity contribution < 1.29 is 23.6 Å². The van der Waals surface area contributed by atoms with Crippen molar-refractivity contribution in [1.29, 1.82) is 0 Å². The smallest absolute Gasteiger partial charge is 0.365 e. The molecule has 2 N–H and O–H groups in total. The molecule has 0 saturated heterocycles. The molecule has 0 saturated carbocycles. The summed E-state index contributed by atoms with van der Waals surface area (Å²) >= 11 is 5.95. The Bertz CT molecular complexity index is 843. The molecule has 0 radical (unpaired) electrons. The van der Waals surface area contributed by atoms with E-state index >= 15 is 0 Å². The largest absolute Gasteiger partial charge is 0.465 e. The number of hydrogen-bond acceptors (Lipinski definition) is 3. The van der Waals surface area contributed by atoms with Crippen LogP contribution in [0.25, 0.3) is 0 Å². The maximum absolute atomic E-state index is 13.1. The van der Waals surface area contributed by atoms with E-state index in [0.29, 0.717) is 18.7 Å². The number of amides is 1. The van der Waals surface area contributed by atoms with Crippen molar-refractivity contribution in [3.05, 3.63) is 64.4 Å². The number of benzene rings is 2. The van der Waals surface area contributed by atoms with Gasteiger partial charge in [0, 0.05) is 12.0 Å². The van der Waals surface area contributed by atoms with Gasteiger partial charge in [0.15, 0.2) is 12.6 Å². The maximum atomic E-state index is 13.1. The van der Waals surface area contributed by atoms with Crippen LogP contribution in [0.3, 0.4) is 0 Å². The molecule has 1 unspecified atom stereocenters. The number of esters is 1. The number of halogens is 2. The Morgan fingerprint density at radius 2 is 2.00 bits per heavy atom. The van der Waals surface area contributed by atoms with Crippen molar-refractivity contribution in [2.45, 2.75) is 19.0 Å². The summed E-state index contributed by atoms with van der Waals surface area (Å²) < 4.78 is 18.0. The van der Waals surface area contributed by atoms with Gasteiger partial charge in [-0.25, -0.2) is 9.18 Å². The van der Waals surface area contributed by atoms with E-state index in [0.717, 1.165) is 22.1 Å². The molecular formula is C19H19ClFN2O3+. The lowest BCUT2D eigenvalue weighted by Gasteiger charge is -2.31. The summed E-state index contributed by atoms with van der Waals surface area (Å²) in [5.74, 6) is -1.12. The molecule has 2 aromatic carbocycles. The van der Waals surface area contributed by atoms with Gasteiger partial charge < -0.3 is 15.0 Å². The van der Waals surface area contributed by atoms with Crippen LogP contribution in [0.2, 0.25) is 5.02 Å². The van der Waals surface area contributed by atoms with Crippen molar-refractivity contribution in [2.24, 2.45) is 0 Å². The highest BCUT2D eigenvalue weighted by Gasteiger charge is 2.37. The normalized spacial score (nSPS) is 18.7. The molecule has 26 heavy (non-hydrogen) atoms. The molecule has 2 atom stereocenters. The predicted octanol–water partition coefficient (Wildman–Crippen LogP) is 1.60. The second-order valence-corrected chi connectivity index (χ2v) is 6.64. The van der Waals surface area contributed by atoms with Crippen molar-refractivity contribution in [3.63, 3.8) is 0 Å². The van der Waals surface area contributed by atoms with Gasteiger partial charge in [-0.2, -0.15) is 0 Å². The molecule has 0 aliphatic carbocycles. The van der Waals surface area contributed by atoms with Crippen molar-refractivity contribution in [3.8, 4) is 0 Å². The lowest BCUT2D eigenvalue weighted by molar-refractivity contribution is -0.924. The van der Waals surface area contributed by atoms with Crippen molar-refractivity contribution in [1.82, 2.24) is 0 Å². The summed E-state index contributed by atoms with van der Waals surface area (Å²) in [4.78, 5) is 25.4. The molecule has 1 amide bonds. The number of methoxy groups -OCH3 is 1. The average molecular weight is 378 g/mol. The predicted molar refractivity (Wildman–Crippen MR) is 95.5 cm³/mol. The first-order valence-corrected chi connectivity index (χ1v) is 8.60. The molecule has 2 aromatic rings. The third-order valence-electron chi connectivity index (χ3n) is 4.53. The molecule has 0 aromatic heterocycles. The highest BCUT2D eigenvalue weighted by molar-refractivity contribution is 6.33. The summed E-state index contributed by atoms with van der Waals surface area (Å²) in [6, 6.07) is 11.2. The van der Waals surface area contributed by atoms with Gasteiger partial charge in [-0.15, -0.1) is 0 Å². The van der Waals surface area contributed by atoms with Crippen LogP contribution < -0.4 is 10.2 Å². The molecule has 0 fully saturated rings. The number of ether oxygens (including phenoxy) is 1. The zero-order valence-corrected chi connectivity index (χ0v) is 15.0. The SMILES string of the molecule is COC(=O)[C@H]1Cc2ccccc2C[NH+]1CC(=O)Nc1ccc(F)cc1Cl. The molecule has 1 heterocycles. The summed E-state index contributed by atoms with van der Waals surface area (Å²) in [7, 11) is 1.35. The summed E-state index contributed by atoms with van der Waals surface area (Å²) in [5.41, 5.74) is 2.54. The van der Waals surface area contributed by atoms with Gasteiger partial charge in [0.2, 0.25) is 0 Å². The number of carbonyl (C=O) groups is 2. The Hall–Kier alpha value is -2.44. The second-order valence-electron chi connectivity index (χ2n) is 6.23. The Morgan fingerprint density at radius 3 is 2.69 bits per heavy atom. The summed E-state index contributed by atoms with van der Waals surface area (Å²) in [6.45, 7) is 0.613. The monoisotopic (exact) mass is 377 g/mol. The number of rotatable bonds is 4. The zero-order chi connectivity index (χ0) is 18.7. The highest BCUT2D eigenvalue weighted by atomic mass is 35.5. The van der Waals surface area contributed by atoms with Gasteiger partial charge in [0.05, 0.1) is 17.8 Å². The fraction of sp³-hybridized carbons (Fsp3) is 0.263. The van der Waals surface area contributed by atoms with E-state index in [-0.39, 0.29) is 23.4 Å². The lowest BCUT2D eigenvalue weighted by atomic mass is 9.94. The quantitative estimate of drug-likeness (QED) is 0.796. The Labute approximate surface area is 155 Å². The van der Waals surface area contributed by atoms with Gasteiger partial charge in [-0.05, 0) is 23.8 Å². The maximum Gasteiger partial charge on any atom is 0.365 e. The minimum Gasteiger partial charge on any atom is -0.465 e. The fourth-order valence-electron chi connectivity index (χ4n) is 3.23. The lowest BCUT2D eigenvalue weighted by Crippen LogP contribution is -3.17. The van der Waals surface area contributed by atoms with Gasteiger partial charge >= 0.3 is 5.97 Å². The Morgan fingerprint density at radius 1 is 1.27 bits per heavy atom. The first kappa shape index (κ1) is 18.4. The van der Waals surface area contributed by atoms with Crippen molar-refractivity contribution >= 4 is 29.2 Å². The number of anilines is 1. The highest BCUT2D eigenvalue weighted by Crippen LogP contribution is 2.22. The molecule has 1 aliphatic rings. The van der Waals surface area contributed by atoms with Gasteiger partial charge in [0.25, 0.3) is 5.91 Å². The molecule has 3 rings (SSSR count). The molecule has 1 aliphatic heterocycles. The molecule has 136 valence electrons. The molecule has 7 heteroatoms. The van der Waals surface area contributed by atoms with E-state index in [9.17, 15) is 14.0 Å². The summed E-state index contributed by atoms with van der Waals surface area (Å²) in [5, 5.41) is 2.80. The minimum absolute atomic E-state index is 0.0712. The standard InChI is InChI=1S/C19H18ClFN2O3/c1-26-19(25)17-8-12-4-2-3-5-13(12)10-23(17)11-18(24)22-16-7-6-14(21)9-15(16)20/h2-7,9,17H,8,10-11H2,1H3,(H,22,24)/p+1/t17-/m1/s1. The van der Waals surface area contributed by atoms with Crippen LogP contribution >= 0.6 is 11.6 Å². The van der Waals surface area contributed by atoms with Crippen LogP contribution in [0.4, 0.5) is 10.1 Å². The van der Waals surface area contributed by atoms with Crippen LogP contribution in [0.15, 0.2) is 42.5 Å². The molecular weight excluding hydrogens is 359 g/mol. The second kappa shape index (κ2) is 7.85. The van der Waals surface area contributed by atoms with Crippen LogP contribution in [-0.2, 0) is 27.3 Å². The number of nitrogens with one attached hydrogen (secondary N) is 2. The van der Waals surface area contributed by atoms with Gasteiger partial charge in [0.1, 0.15) is 12.4 Å². The van der Waals surface area contributed by atoms with Crippen LogP contribution in [0, 0.1) is 5.82 Å². The van der Waals surface area contributed by atoms with Crippen LogP contribution in [0.5, 0.6) is 0 Å². The van der Waals surface area contributed by atoms with Gasteiger partial charge in [-0.1, -0.05) is 35.9 Å². The minimum atomic E-state index is -0.475. The van der Waals surface area contributed by atoms with Crippen molar-refractivity contribution in [2.75, 3.05) is 19.0 Å². The summed E-state index contributed by atoms with van der Waals surface area (Å²) in [6.07, 6.45) is 0.517. The first-order valence-electron chi connectivity index (χ1n) is 8.22. The molecule has 0 bridgehead atoms. The van der Waals surface area contributed by atoms with Gasteiger partial charge in [-0.3, -0.25) is 4.79 Å². The Kier molecular flexibility index (Phi) is 5.54. The number of hydrogen-bond donors (Lipinski definition) is 2. The average Bonchev–Trinajstić information content (AvgIpc) is 2.63. The van der Waals surface area contributed by atoms with E-state index in [4.69, 9.17) is 16.3 Å². The molecule has 5 nitrogen and oxygen atoms in total. The number of quaternary nitrogens is 1. The third-order valence-corrected chi connectivity index (χ3v) is 4.84. The van der Waals surface area contributed by atoms with E-state index < -0.39 is 11.9 Å². The number of fused-ring (bicyclic) bond motifs is 1. The first-order chi connectivity index (χ1) is 12.5.